The van der Waals surface area contributed by atoms with E-state index in [1.165, 1.54) is 7.11 Å². The third-order valence-corrected chi connectivity index (χ3v) is 2.39. The number of methoxy groups -OCH3 is 2. The van der Waals surface area contributed by atoms with Crippen LogP contribution < -0.4 is 10.5 Å². The molecule has 1 atom stereocenters. The molecule has 4 nitrogen and oxygen atoms in total. The molecule has 0 bridgehead atoms. The molecule has 0 aromatic heterocycles. The second-order valence-corrected chi connectivity index (χ2v) is 3.75. The second kappa shape index (κ2) is 5.72. The maximum Gasteiger partial charge on any atom is 0.307 e. The lowest BCUT2D eigenvalue weighted by atomic mass is 10.0. The molecule has 16 heavy (non-hydrogen) atoms. The van der Waals surface area contributed by atoms with Crippen molar-refractivity contribution in [3.63, 3.8) is 0 Å². The first-order chi connectivity index (χ1) is 7.56. The van der Waals surface area contributed by atoms with Gasteiger partial charge in [-0.05, 0) is 23.8 Å². The molecule has 1 aromatic rings. The second-order valence-electron chi connectivity index (χ2n) is 3.31. The molecule has 1 aromatic carbocycles. The number of benzene rings is 1. The first-order valence-corrected chi connectivity index (χ1v) is 5.11. The summed E-state index contributed by atoms with van der Waals surface area (Å²) in [5.74, 6) is 0.259. The van der Waals surface area contributed by atoms with Gasteiger partial charge in [-0.1, -0.05) is 11.6 Å². The summed E-state index contributed by atoms with van der Waals surface area (Å²) in [6.45, 7) is 0. The first-order valence-electron chi connectivity index (χ1n) is 4.73. The highest BCUT2D eigenvalue weighted by Gasteiger charge is 2.13. The Bertz CT molecular complexity index is 381. The largest absolute Gasteiger partial charge is 0.497 e. The standard InChI is InChI=1S/C11H14ClNO3/c1-15-9-4-7(3-8(12)5-9)10(13)6-11(14)16-2/h3-5,10H,6,13H2,1-2H3. The summed E-state index contributed by atoms with van der Waals surface area (Å²) in [5.41, 5.74) is 6.59. The smallest absolute Gasteiger partial charge is 0.307 e. The summed E-state index contributed by atoms with van der Waals surface area (Å²) in [4.78, 5) is 11.1. The molecule has 0 aliphatic heterocycles. The van der Waals surface area contributed by atoms with E-state index >= 15 is 0 Å². The molecule has 0 amide bonds. The Morgan fingerprint density at radius 3 is 2.69 bits per heavy atom. The van der Waals surface area contributed by atoms with Crippen LogP contribution in [0.3, 0.4) is 0 Å². The minimum atomic E-state index is -0.444. The SMILES string of the molecule is COC(=O)CC(N)c1cc(Cl)cc(OC)c1. The molecule has 0 fully saturated rings. The van der Waals surface area contributed by atoms with Crippen molar-refractivity contribution in [1.82, 2.24) is 0 Å². The summed E-state index contributed by atoms with van der Waals surface area (Å²) >= 11 is 5.89. The molecule has 0 heterocycles. The zero-order valence-electron chi connectivity index (χ0n) is 9.20. The van der Waals surface area contributed by atoms with Crippen LogP contribution >= 0.6 is 11.6 Å². The van der Waals surface area contributed by atoms with Crippen LogP contribution in [0, 0.1) is 0 Å². The van der Waals surface area contributed by atoms with Crippen LogP contribution in [0.25, 0.3) is 0 Å². The normalized spacial score (nSPS) is 12.0. The van der Waals surface area contributed by atoms with Crippen LogP contribution in [0.5, 0.6) is 5.75 Å². The maximum absolute atomic E-state index is 11.1. The number of esters is 1. The molecule has 0 saturated carbocycles. The highest BCUT2D eigenvalue weighted by Crippen LogP contribution is 2.25. The number of hydrogen-bond donors (Lipinski definition) is 1. The molecule has 0 spiro atoms. The van der Waals surface area contributed by atoms with E-state index in [-0.39, 0.29) is 12.4 Å². The van der Waals surface area contributed by atoms with Crippen LogP contribution in [-0.4, -0.2) is 20.2 Å². The highest BCUT2D eigenvalue weighted by atomic mass is 35.5. The fourth-order valence-corrected chi connectivity index (χ4v) is 1.53. The van der Waals surface area contributed by atoms with Gasteiger partial charge in [-0.25, -0.2) is 0 Å². The number of rotatable bonds is 4. The molecule has 88 valence electrons. The van der Waals surface area contributed by atoms with Gasteiger partial charge in [0.05, 0.1) is 20.6 Å². The summed E-state index contributed by atoms with van der Waals surface area (Å²) in [6.07, 6.45) is 0.111. The Balaban J connectivity index is 2.86. The lowest BCUT2D eigenvalue weighted by Gasteiger charge is -2.12. The Morgan fingerprint density at radius 2 is 2.12 bits per heavy atom. The summed E-state index contributed by atoms with van der Waals surface area (Å²) < 4.78 is 9.61. The Morgan fingerprint density at radius 1 is 1.44 bits per heavy atom. The number of halogens is 1. The molecule has 0 aliphatic carbocycles. The van der Waals surface area contributed by atoms with Crippen LogP contribution in [-0.2, 0) is 9.53 Å². The van der Waals surface area contributed by atoms with E-state index in [2.05, 4.69) is 4.74 Å². The van der Waals surface area contributed by atoms with E-state index in [1.54, 1.807) is 25.3 Å². The van der Waals surface area contributed by atoms with E-state index in [1.807, 2.05) is 0 Å². The van der Waals surface area contributed by atoms with Gasteiger partial charge in [0.2, 0.25) is 0 Å². The van der Waals surface area contributed by atoms with Crippen molar-refractivity contribution in [3.8, 4) is 5.75 Å². The predicted molar refractivity (Wildman–Crippen MR) is 61.6 cm³/mol. The predicted octanol–water partition coefficient (Wildman–Crippen LogP) is 1.91. The Hall–Kier alpha value is -1.26. The summed E-state index contributed by atoms with van der Waals surface area (Å²) in [6, 6.07) is 4.69. The monoisotopic (exact) mass is 243 g/mol. The van der Waals surface area contributed by atoms with Crippen molar-refractivity contribution in [2.24, 2.45) is 5.73 Å². The van der Waals surface area contributed by atoms with Gasteiger partial charge in [0.15, 0.2) is 0 Å². The third-order valence-electron chi connectivity index (χ3n) is 2.17. The van der Waals surface area contributed by atoms with Crippen LogP contribution in [0.2, 0.25) is 5.02 Å². The number of carbonyl (C=O) groups excluding carboxylic acids is 1. The van der Waals surface area contributed by atoms with Crippen molar-refractivity contribution in [3.05, 3.63) is 28.8 Å². The Labute approximate surface area is 99.3 Å². The van der Waals surface area contributed by atoms with Gasteiger partial charge in [-0.15, -0.1) is 0 Å². The van der Waals surface area contributed by atoms with Gasteiger partial charge in [-0.2, -0.15) is 0 Å². The van der Waals surface area contributed by atoms with Crippen LogP contribution in [0.15, 0.2) is 18.2 Å². The zero-order chi connectivity index (χ0) is 12.1. The Kier molecular flexibility index (Phi) is 4.58. The lowest BCUT2D eigenvalue weighted by molar-refractivity contribution is -0.141. The quantitative estimate of drug-likeness (QED) is 0.821. The van der Waals surface area contributed by atoms with E-state index in [9.17, 15) is 4.79 Å². The lowest BCUT2D eigenvalue weighted by Crippen LogP contribution is -2.16. The molecule has 1 rings (SSSR count). The van der Waals surface area contributed by atoms with E-state index in [0.29, 0.717) is 10.8 Å². The number of hydrogen-bond acceptors (Lipinski definition) is 4. The molecular weight excluding hydrogens is 230 g/mol. The van der Waals surface area contributed by atoms with Gasteiger partial charge in [0, 0.05) is 11.1 Å². The fraction of sp³-hybridized carbons (Fsp3) is 0.364. The molecule has 2 N–H and O–H groups in total. The van der Waals surface area contributed by atoms with Gasteiger partial charge in [-0.3, -0.25) is 4.79 Å². The van der Waals surface area contributed by atoms with Crippen molar-refractivity contribution in [2.75, 3.05) is 14.2 Å². The molecule has 1 unspecified atom stereocenters. The number of carbonyl (C=O) groups is 1. The topological polar surface area (TPSA) is 61.5 Å². The van der Waals surface area contributed by atoms with Crippen LogP contribution in [0.1, 0.15) is 18.0 Å². The molecule has 5 heteroatoms. The number of nitrogens with two attached hydrogens (primary N) is 1. The van der Waals surface area contributed by atoms with Crippen molar-refractivity contribution in [2.45, 2.75) is 12.5 Å². The minimum Gasteiger partial charge on any atom is -0.497 e. The maximum atomic E-state index is 11.1. The summed E-state index contributed by atoms with van der Waals surface area (Å²) in [7, 11) is 2.87. The third kappa shape index (κ3) is 3.40. The minimum absolute atomic E-state index is 0.111. The molecule has 0 aliphatic rings. The van der Waals surface area contributed by atoms with Gasteiger partial charge >= 0.3 is 5.97 Å². The molecule has 0 radical (unpaired) electrons. The van der Waals surface area contributed by atoms with Crippen molar-refractivity contribution < 1.29 is 14.3 Å². The average molecular weight is 244 g/mol. The fourth-order valence-electron chi connectivity index (χ4n) is 1.30. The molecular formula is C11H14ClNO3. The molecule has 0 saturated heterocycles. The van der Waals surface area contributed by atoms with Crippen molar-refractivity contribution >= 4 is 17.6 Å². The first kappa shape index (κ1) is 12.8. The average Bonchev–Trinajstić information content (AvgIpc) is 2.27. The zero-order valence-corrected chi connectivity index (χ0v) is 9.95. The summed E-state index contributed by atoms with van der Waals surface area (Å²) in [5, 5.41) is 0.523. The van der Waals surface area contributed by atoms with Gasteiger partial charge < -0.3 is 15.2 Å². The van der Waals surface area contributed by atoms with Gasteiger partial charge in [0.25, 0.3) is 0 Å². The van der Waals surface area contributed by atoms with Gasteiger partial charge in [0.1, 0.15) is 5.75 Å². The van der Waals surface area contributed by atoms with E-state index in [4.69, 9.17) is 22.1 Å². The van der Waals surface area contributed by atoms with E-state index in [0.717, 1.165) is 5.56 Å². The van der Waals surface area contributed by atoms with Crippen LogP contribution in [0.4, 0.5) is 0 Å². The number of ether oxygens (including phenoxy) is 2. The highest BCUT2D eigenvalue weighted by molar-refractivity contribution is 6.30. The van der Waals surface area contributed by atoms with E-state index < -0.39 is 6.04 Å². The van der Waals surface area contributed by atoms with Crippen molar-refractivity contribution in [1.29, 1.82) is 0 Å².